The molecule has 1 N–H and O–H groups in total. The normalized spacial score (nSPS) is 17.1. The van der Waals surface area contributed by atoms with Gasteiger partial charge in [-0.2, -0.15) is 0 Å². The molecule has 1 aliphatic rings. The van der Waals surface area contributed by atoms with Gasteiger partial charge in [0, 0.05) is 32.2 Å². The van der Waals surface area contributed by atoms with Crippen LogP contribution in [0.4, 0.5) is 0 Å². The van der Waals surface area contributed by atoms with Crippen molar-refractivity contribution in [2.24, 2.45) is 5.92 Å². The van der Waals surface area contributed by atoms with Crippen LogP contribution in [0, 0.1) is 5.92 Å². The van der Waals surface area contributed by atoms with Gasteiger partial charge in [-0.1, -0.05) is 18.2 Å². The van der Waals surface area contributed by atoms with Crippen LogP contribution in [0.1, 0.15) is 5.56 Å². The van der Waals surface area contributed by atoms with Crippen molar-refractivity contribution in [2.75, 3.05) is 33.4 Å². The zero-order valence-electron chi connectivity index (χ0n) is 9.72. The summed E-state index contributed by atoms with van der Waals surface area (Å²) in [7, 11) is 1.71. The fourth-order valence-electron chi connectivity index (χ4n) is 2.16. The summed E-state index contributed by atoms with van der Waals surface area (Å²) in [6.45, 7) is 3.44. The molecule has 0 bridgehead atoms. The highest BCUT2D eigenvalue weighted by Crippen LogP contribution is 2.20. The van der Waals surface area contributed by atoms with E-state index in [4.69, 9.17) is 9.84 Å². The average molecular weight is 221 g/mol. The Hall–Kier alpha value is -1.06. The number of rotatable bonds is 5. The van der Waals surface area contributed by atoms with Crippen LogP contribution in [0.5, 0.6) is 5.75 Å². The predicted molar refractivity (Wildman–Crippen MR) is 63.7 cm³/mol. The molecule has 2 rings (SSSR count). The Balaban J connectivity index is 1.81. The van der Waals surface area contributed by atoms with Crippen LogP contribution in [-0.2, 0) is 6.42 Å². The lowest BCUT2D eigenvalue weighted by Crippen LogP contribution is -2.48. The van der Waals surface area contributed by atoms with Gasteiger partial charge >= 0.3 is 0 Å². The lowest BCUT2D eigenvalue weighted by Gasteiger charge is -2.38. The molecule has 0 saturated carbocycles. The zero-order valence-corrected chi connectivity index (χ0v) is 9.72. The SMILES string of the molecule is COc1ccccc1CCN1CC(CO)C1. The molecule has 88 valence electrons. The van der Waals surface area contributed by atoms with Gasteiger partial charge in [0.25, 0.3) is 0 Å². The number of likely N-dealkylation sites (tertiary alicyclic amines) is 1. The van der Waals surface area contributed by atoms with Gasteiger partial charge in [0.2, 0.25) is 0 Å². The lowest BCUT2D eigenvalue weighted by molar-refractivity contribution is 0.0550. The summed E-state index contributed by atoms with van der Waals surface area (Å²) in [5.41, 5.74) is 1.26. The van der Waals surface area contributed by atoms with Crippen LogP contribution >= 0.6 is 0 Å². The quantitative estimate of drug-likeness (QED) is 0.810. The molecule has 0 spiro atoms. The average Bonchev–Trinajstić information content (AvgIpc) is 2.28. The first-order valence-corrected chi connectivity index (χ1v) is 5.78. The van der Waals surface area contributed by atoms with Crippen LogP contribution in [0.15, 0.2) is 24.3 Å². The summed E-state index contributed by atoms with van der Waals surface area (Å²) in [6, 6.07) is 8.16. The van der Waals surface area contributed by atoms with E-state index >= 15 is 0 Å². The van der Waals surface area contributed by atoms with Crippen molar-refractivity contribution < 1.29 is 9.84 Å². The molecule has 1 aromatic rings. The third kappa shape index (κ3) is 2.54. The van der Waals surface area contributed by atoms with Crippen LogP contribution in [-0.4, -0.2) is 43.4 Å². The topological polar surface area (TPSA) is 32.7 Å². The first kappa shape index (κ1) is 11.4. The second-order valence-corrected chi connectivity index (χ2v) is 4.37. The summed E-state index contributed by atoms with van der Waals surface area (Å²) in [4.78, 5) is 2.37. The molecule has 16 heavy (non-hydrogen) atoms. The van der Waals surface area contributed by atoms with Gasteiger partial charge in [-0.15, -0.1) is 0 Å². The molecule has 0 radical (unpaired) electrons. The first-order chi connectivity index (χ1) is 7.83. The number of methoxy groups -OCH3 is 1. The highest BCUT2D eigenvalue weighted by atomic mass is 16.5. The van der Waals surface area contributed by atoms with E-state index in [0.29, 0.717) is 12.5 Å². The van der Waals surface area contributed by atoms with Crippen molar-refractivity contribution in [3.8, 4) is 5.75 Å². The molecule has 0 aliphatic carbocycles. The summed E-state index contributed by atoms with van der Waals surface area (Å²) in [5.74, 6) is 1.47. The van der Waals surface area contributed by atoms with Gasteiger partial charge in [0.15, 0.2) is 0 Å². The minimum Gasteiger partial charge on any atom is -0.496 e. The van der Waals surface area contributed by atoms with Gasteiger partial charge in [0.1, 0.15) is 5.75 Å². The first-order valence-electron chi connectivity index (χ1n) is 5.78. The predicted octanol–water partition coefficient (Wildman–Crippen LogP) is 1.16. The van der Waals surface area contributed by atoms with E-state index in [0.717, 1.165) is 31.8 Å². The molecule has 0 amide bonds. The van der Waals surface area contributed by atoms with E-state index in [-0.39, 0.29) is 0 Å². The van der Waals surface area contributed by atoms with E-state index in [1.54, 1.807) is 7.11 Å². The Morgan fingerprint density at radius 2 is 2.12 bits per heavy atom. The third-order valence-corrected chi connectivity index (χ3v) is 3.18. The van der Waals surface area contributed by atoms with Crippen LogP contribution < -0.4 is 4.74 Å². The minimum absolute atomic E-state index is 0.325. The Labute approximate surface area is 96.6 Å². The van der Waals surface area contributed by atoms with Crippen molar-refractivity contribution in [2.45, 2.75) is 6.42 Å². The molecular formula is C13H19NO2. The van der Waals surface area contributed by atoms with Gasteiger partial charge < -0.3 is 14.7 Å². The molecular weight excluding hydrogens is 202 g/mol. The molecule has 1 saturated heterocycles. The summed E-state index contributed by atoms with van der Waals surface area (Å²) in [5, 5.41) is 8.92. The van der Waals surface area contributed by atoms with Gasteiger partial charge in [0.05, 0.1) is 7.11 Å². The number of aliphatic hydroxyl groups is 1. The third-order valence-electron chi connectivity index (χ3n) is 3.18. The molecule has 3 nitrogen and oxygen atoms in total. The Morgan fingerprint density at radius 3 is 2.81 bits per heavy atom. The fourth-order valence-corrected chi connectivity index (χ4v) is 2.16. The number of para-hydroxylation sites is 1. The smallest absolute Gasteiger partial charge is 0.122 e. The van der Waals surface area contributed by atoms with Crippen molar-refractivity contribution >= 4 is 0 Å². The molecule has 1 heterocycles. The number of hydrogen-bond donors (Lipinski definition) is 1. The second kappa shape index (κ2) is 5.32. The Morgan fingerprint density at radius 1 is 1.38 bits per heavy atom. The van der Waals surface area contributed by atoms with Crippen LogP contribution in [0.25, 0.3) is 0 Å². The molecule has 0 unspecified atom stereocenters. The number of aliphatic hydroxyl groups excluding tert-OH is 1. The number of benzene rings is 1. The van der Waals surface area contributed by atoms with E-state index in [9.17, 15) is 0 Å². The standard InChI is InChI=1S/C13H19NO2/c1-16-13-5-3-2-4-12(13)6-7-14-8-11(9-14)10-15/h2-5,11,15H,6-10H2,1H3. The lowest BCUT2D eigenvalue weighted by atomic mass is 10.0. The molecule has 0 atom stereocenters. The van der Waals surface area contributed by atoms with Crippen LogP contribution in [0.2, 0.25) is 0 Å². The summed E-state index contributed by atoms with van der Waals surface area (Å²) >= 11 is 0. The fraction of sp³-hybridized carbons (Fsp3) is 0.538. The van der Waals surface area contributed by atoms with E-state index in [2.05, 4.69) is 11.0 Å². The maximum Gasteiger partial charge on any atom is 0.122 e. The molecule has 1 fully saturated rings. The van der Waals surface area contributed by atoms with E-state index in [1.807, 2.05) is 18.2 Å². The molecule has 1 aromatic carbocycles. The minimum atomic E-state index is 0.325. The molecule has 3 heteroatoms. The van der Waals surface area contributed by atoms with Crippen molar-refractivity contribution in [3.05, 3.63) is 29.8 Å². The Bertz CT molecular complexity index is 334. The van der Waals surface area contributed by atoms with Crippen LogP contribution in [0.3, 0.4) is 0 Å². The van der Waals surface area contributed by atoms with E-state index in [1.165, 1.54) is 5.56 Å². The second-order valence-electron chi connectivity index (χ2n) is 4.37. The maximum atomic E-state index is 8.92. The highest BCUT2D eigenvalue weighted by molar-refractivity contribution is 5.33. The molecule has 0 aromatic heterocycles. The van der Waals surface area contributed by atoms with Crippen molar-refractivity contribution in [1.29, 1.82) is 0 Å². The summed E-state index contributed by atoms with van der Waals surface area (Å²) < 4.78 is 5.31. The van der Waals surface area contributed by atoms with Gasteiger partial charge in [-0.25, -0.2) is 0 Å². The summed E-state index contributed by atoms with van der Waals surface area (Å²) in [6.07, 6.45) is 1.02. The van der Waals surface area contributed by atoms with Crippen molar-refractivity contribution in [3.63, 3.8) is 0 Å². The number of hydrogen-bond acceptors (Lipinski definition) is 3. The van der Waals surface area contributed by atoms with Crippen molar-refractivity contribution in [1.82, 2.24) is 4.90 Å². The largest absolute Gasteiger partial charge is 0.496 e. The monoisotopic (exact) mass is 221 g/mol. The number of nitrogens with zero attached hydrogens (tertiary/aromatic N) is 1. The highest BCUT2D eigenvalue weighted by Gasteiger charge is 2.25. The van der Waals surface area contributed by atoms with E-state index < -0.39 is 0 Å². The zero-order chi connectivity index (χ0) is 11.4. The van der Waals surface area contributed by atoms with Gasteiger partial charge in [-0.05, 0) is 18.1 Å². The van der Waals surface area contributed by atoms with Gasteiger partial charge in [-0.3, -0.25) is 0 Å². The molecule has 1 aliphatic heterocycles. The Kier molecular flexibility index (Phi) is 3.80. The number of ether oxygens (including phenoxy) is 1. The maximum absolute atomic E-state index is 8.92.